The van der Waals surface area contributed by atoms with Gasteiger partial charge in [-0.1, -0.05) is 17.7 Å². The lowest BCUT2D eigenvalue weighted by atomic mass is 10.2. The fourth-order valence-electron chi connectivity index (χ4n) is 1.82. The summed E-state index contributed by atoms with van der Waals surface area (Å²) in [6.07, 6.45) is 0. The van der Waals surface area contributed by atoms with E-state index in [1.54, 1.807) is 18.2 Å². The van der Waals surface area contributed by atoms with E-state index in [2.05, 4.69) is 10.3 Å². The molecular weight excluding hydrogens is 298 g/mol. The van der Waals surface area contributed by atoms with E-state index in [0.29, 0.717) is 16.1 Å². The van der Waals surface area contributed by atoms with Gasteiger partial charge in [-0.25, -0.2) is 0 Å². The van der Waals surface area contributed by atoms with E-state index in [0.717, 1.165) is 0 Å². The Morgan fingerprint density at radius 3 is 2.86 bits per heavy atom. The Morgan fingerprint density at radius 2 is 2.14 bits per heavy atom. The first-order chi connectivity index (χ1) is 10.0. The van der Waals surface area contributed by atoms with Gasteiger partial charge in [0.2, 0.25) is 0 Å². The molecule has 0 aliphatic heterocycles. The highest BCUT2D eigenvalue weighted by Gasteiger charge is 2.14. The number of rotatable bonds is 3. The zero-order valence-electron chi connectivity index (χ0n) is 10.4. The summed E-state index contributed by atoms with van der Waals surface area (Å²) >= 11 is 5.97. The van der Waals surface area contributed by atoms with Crippen molar-refractivity contribution in [3.63, 3.8) is 0 Å². The molecule has 3 rings (SSSR count). The number of nitrogens with zero attached hydrogens (tertiary/aromatic N) is 2. The summed E-state index contributed by atoms with van der Waals surface area (Å²) in [6, 6.07) is 8.77. The van der Waals surface area contributed by atoms with Crippen LogP contribution in [0, 0.1) is 10.1 Å². The summed E-state index contributed by atoms with van der Waals surface area (Å²) in [5.41, 5.74) is 0.887. The number of halogens is 1. The molecule has 7 nitrogen and oxygen atoms in total. The van der Waals surface area contributed by atoms with Crippen molar-refractivity contribution >= 4 is 40.1 Å². The molecule has 0 bridgehead atoms. The number of hydrogen-bond acceptors (Lipinski definition) is 6. The zero-order chi connectivity index (χ0) is 15.0. The summed E-state index contributed by atoms with van der Waals surface area (Å²) in [7, 11) is 0. The number of non-ortho nitro benzene ring substituents is 1. The molecule has 2 N–H and O–H groups in total. The number of para-hydroxylation sites is 1. The van der Waals surface area contributed by atoms with Crippen LogP contribution in [0.15, 0.2) is 40.8 Å². The van der Waals surface area contributed by atoms with Gasteiger partial charge in [-0.15, -0.1) is 0 Å². The molecule has 0 spiro atoms. The average molecular weight is 306 g/mol. The van der Waals surface area contributed by atoms with E-state index in [9.17, 15) is 15.2 Å². The normalized spacial score (nSPS) is 10.7. The van der Waals surface area contributed by atoms with Crippen molar-refractivity contribution in [2.45, 2.75) is 0 Å². The second kappa shape index (κ2) is 4.95. The third kappa shape index (κ3) is 2.46. The predicted octanol–water partition coefficient (Wildman–Crippen LogP) is 3.84. The van der Waals surface area contributed by atoms with Gasteiger partial charge in [-0.05, 0) is 18.2 Å². The summed E-state index contributed by atoms with van der Waals surface area (Å²) < 4.78 is 5.42. The van der Waals surface area contributed by atoms with Crippen molar-refractivity contribution in [1.82, 2.24) is 4.98 Å². The van der Waals surface area contributed by atoms with Gasteiger partial charge in [-0.3, -0.25) is 10.1 Å². The van der Waals surface area contributed by atoms with Crippen LogP contribution in [0.3, 0.4) is 0 Å². The minimum absolute atomic E-state index is 0.0777. The minimum Gasteiger partial charge on any atom is -0.506 e. The van der Waals surface area contributed by atoms with Crippen molar-refractivity contribution in [3.8, 4) is 5.75 Å². The zero-order valence-corrected chi connectivity index (χ0v) is 11.2. The molecule has 1 aromatic heterocycles. The number of nitro benzene ring substituents is 1. The Labute approximate surface area is 122 Å². The molecule has 0 saturated heterocycles. The molecule has 0 amide bonds. The monoisotopic (exact) mass is 305 g/mol. The highest BCUT2D eigenvalue weighted by Crippen LogP contribution is 2.32. The molecule has 0 radical (unpaired) electrons. The Hall–Kier alpha value is -2.80. The van der Waals surface area contributed by atoms with Crippen molar-refractivity contribution in [2.24, 2.45) is 0 Å². The number of nitro groups is 1. The van der Waals surface area contributed by atoms with E-state index in [1.165, 1.54) is 18.2 Å². The van der Waals surface area contributed by atoms with Crippen molar-refractivity contribution in [2.75, 3.05) is 5.32 Å². The van der Waals surface area contributed by atoms with E-state index in [4.69, 9.17) is 16.0 Å². The van der Waals surface area contributed by atoms with Gasteiger partial charge < -0.3 is 14.8 Å². The van der Waals surface area contributed by atoms with Crippen LogP contribution in [-0.2, 0) is 0 Å². The number of benzene rings is 2. The van der Waals surface area contributed by atoms with Gasteiger partial charge in [0.05, 0.1) is 15.6 Å². The maximum absolute atomic E-state index is 10.7. The van der Waals surface area contributed by atoms with E-state index in [-0.39, 0.29) is 23.1 Å². The predicted molar refractivity (Wildman–Crippen MR) is 77.1 cm³/mol. The fourth-order valence-corrected chi connectivity index (χ4v) is 2.03. The maximum Gasteiger partial charge on any atom is 0.300 e. The lowest BCUT2D eigenvalue weighted by Gasteiger charge is -2.03. The molecule has 0 saturated carbocycles. The molecule has 8 heteroatoms. The van der Waals surface area contributed by atoms with Crippen molar-refractivity contribution in [3.05, 3.63) is 51.5 Å². The highest BCUT2D eigenvalue weighted by atomic mass is 35.5. The molecule has 0 fully saturated rings. The number of oxazole rings is 1. The van der Waals surface area contributed by atoms with Crippen LogP contribution in [-0.4, -0.2) is 15.0 Å². The van der Waals surface area contributed by atoms with Crippen LogP contribution in [0.2, 0.25) is 5.02 Å². The first-order valence-corrected chi connectivity index (χ1v) is 6.22. The molecule has 0 aliphatic carbocycles. The number of phenolic OH excluding ortho intramolecular Hbond substituents is 1. The lowest BCUT2D eigenvalue weighted by Crippen LogP contribution is -1.93. The number of phenols is 1. The van der Waals surface area contributed by atoms with Crippen molar-refractivity contribution < 1.29 is 14.4 Å². The van der Waals surface area contributed by atoms with Crippen LogP contribution in [0.5, 0.6) is 5.75 Å². The second-order valence-electron chi connectivity index (χ2n) is 4.19. The van der Waals surface area contributed by atoms with Crippen LogP contribution >= 0.6 is 11.6 Å². The Balaban J connectivity index is 2.00. The minimum atomic E-state index is -0.562. The van der Waals surface area contributed by atoms with Crippen molar-refractivity contribution in [1.29, 1.82) is 0 Å². The van der Waals surface area contributed by atoms with Gasteiger partial charge in [-0.2, -0.15) is 4.98 Å². The fraction of sp³-hybridized carbons (Fsp3) is 0. The van der Waals surface area contributed by atoms with E-state index < -0.39 is 4.92 Å². The van der Waals surface area contributed by atoms with Gasteiger partial charge in [0.25, 0.3) is 11.7 Å². The average Bonchev–Trinajstić information content (AvgIpc) is 2.85. The van der Waals surface area contributed by atoms with Crippen LogP contribution in [0.4, 0.5) is 17.4 Å². The molecule has 3 aromatic rings. The van der Waals surface area contributed by atoms with Crippen LogP contribution in [0.25, 0.3) is 11.1 Å². The Morgan fingerprint density at radius 1 is 1.33 bits per heavy atom. The molecule has 0 atom stereocenters. The van der Waals surface area contributed by atoms with Crippen LogP contribution in [0.1, 0.15) is 0 Å². The Bertz CT molecular complexity index is 847. The van der Waals surface area contributed by atoms with E-state index >= 15 is 0 Å². The smallest absolute Gasteiger partial charge is 0.300 e. The summed E-state index contributed by atoms with van der Waals surface area (Å²) in [4.78, 5) is 14.3. The molecule has 2 aromatic carbocycles. The standard InChI is InChI=1S/C13H8ClN3O4/c14-8-2-1-3-9-12(8)21-13(15-9)16-10-6-7(17(19)20)4-5-11(10)18/h1-6,18H,(H,15,16). The molecule has 106 valence electrons. The molecule has 1 heterocycles. The molecule has 0 unspecified atom stereocenters. The number of aromatic nitrogens is 1. The summed E-state index contributed by atoms with van der Waals surface area (Å²) in [5, 5.41) is 23.6. The number of aromatic hydroxyl groups is 1. The maximum atomic E-state index is 10.7. The largest absolute Gasteiger partial charge is 0.506 e. The van der Waals surface area contributed by atoms with Gasteiger partial charge in [0.1, 0.15) is 11.3 Å². The second-order valence-corrected chi connectivity index (χ2v) is 4.60. The number of fused-ring (bicyclic) bond motifs is 1. The third-order valence-electron chi connectivity index (χ3n) is 2.80. The summed E-state index contributed by atoms with van der Waals surface area (Å²) in [6.45, 7) is 0. The quantitative estimate of drug-likeness (QED) is 0.433. The van der Waals surface area contributed by atoms with E-state index in [1.807, 2.05) is 0 Å². The number of anilines is 2. The first kappa shape index (κ1) is 13.2. The van der Waals surface area contributed by atoms with Crippen LogP contribution < -0.4 is 5.32 Å². The topological polar surface area (TPSA) is 101 Å². The molecule has 21 heavy (non-hydrogen) atoms. The molecular formula is C13H8ClN3O4. The summed E-state index contributed by atoms with van der Waals surface area (Å²) in [5.74, 6) is -0.158. The SMILES string of the molecule is O=[N+]([O-])c1ccc(O)c(Nc2nc3cccc(Cl)c3o2)c1. The third-order valence-corrected chi connectivity index (χ3v) is 3.10. The van der Waals surface area contributed by atoms with Gasteiger partial charge in [0, 0.05) is 12.1 Å². The van der Waals surface area contributed by atoms with Gasteiger partial charge in [0.15, 0.2) is 5.58 Å². The Kier molecular flexibility index (Phi) is 3.11. The number of hydrogen-bond donors (Lipinski definition) is 2. The van der Waals surface area contributed by atoms with Gasteiger partial charge >= 0.3 is 0 Å². The number of nitrogens with one attached hydrogen (secondary N) is 1. The highest BCUT2D eigenvalue weighted by molar-refractivity contribution is 6.34. The first-order valence-electron chi connectivity index (χ1n) is 5.84. The lowest BCUT2D eigenvalue weighted by molar-refractivity contribution is -0.384. The molecule has 0 aliphatic rings.